The first-order chi connectivity index (χ1) is 21.8. The predicted octanol–water partition coefficient (Wildman–Crippen LogP) is 5.70. The summed E-state index contributed by atoms with van der Waals surface area (Å²) < 4.78 is 1.45. The Morgan fingerprint density at radius 1 is 0.978 bits per heavy atom. The second kappa shape index (κ2) is 14.4. The van der Waals surface area contributed by atoms with E-state index >= 15 is 0 Å². The number of hydrogen-bond acceptors (Lipinski definition) is 7. The van der Waals surface area contributed by atoms with Gasteiger partial charge in [-0.25, -0.2) is 4.98 Å². The summed E-state index contributed by atoms with van der Waals surface area (Å²) in [5, 5.41) is 9.01. The van der Waals surface area contributed by atoms with Gasteiger partial charge in [0.05, 0.1) is 11.3 Å². The van der Waals surface area contributed by atoms with Crippen LogP contribution in [0, 0.1) is 6.92 Å². The maximum atomic E-state index is 13.1. The second-order valence-electron chi connectivity index (χ2n) is 12.4. The molecule has 0 aliphatic carbocycles. The number of anilines is 4. The number of likely N-dealkylation sites (N-methyl/N-ethyl adjacent to an activating group) is 1. The van der Waals surface area contributed by atoms with Gasteiger partial charge in [-0.15, -0.1) is 0 Å². The van der Waals surface area contributed by atoms with Crippen molar-refractivity contribution in [3.63, 3.8) is 0 Å². The Labute approximate surface area is 271 Å². The highest BCUT2D eigenvalue weighted by molar-refractivity contribution is 6.05. The number of benzene rings is 3. The molecule has 0 saturated heterocycles. The molecule has 10 heteroatoms. The Hall–Kier alpha value is -4.96. The van der Waals surface area contributed by atoms with Crippen LogP contribution in [-0.4, -0.2) is 52.4 Å². The minimum absolute atomic E-state index is 0.00600. The lowest BCUT2D eigenvalue weighted by atomic mass is 9.86. The third kappa shape index (κ3) is 8.00. The van der Waals surface area contributed by atoms with Crippen molar-refractivity contribution in [2.24, 2.45) is 7.05 Å². The maximum Gasteiger partial charge on any atom is 0.293 e. The average molecular weight is 624 g/mol. The molecule has 4 rings (SSSR count). The van der Waals surface area contributed by atoms with E-state index in [-0.39, 0.29) is 34.3 Å². The molecule has 10 nitrogen and oxygen atoms in total. The predicted molar refractivity (Wildman–Crippen MR) is 187 cm³/mol. The molecular formula is C36H45N7O3. The van der Waals surface area contributed by atoms with Crippen LogP contribution in [0.1, 0.15) is 66.5 Å². The number of nitrogens with two attached hydrogens (primary N) is 1. The normalized spacial score (nSPS) is 11.4. The van der Waals surface area contributed by atoms with E-state index in [2.05, 4.69) is 60.5 Å². The Balaban J connectivity index is 1.53. The van der Waals surface area contributed by atoms with Crippen LogP contribution in [0.2, 0.25) is 0 Å². The highest BCUT2D eigenvalue weighted by Gasteiger charge is 2.17. The smallest absolute Gasteiger partial charge is 0.293 e. The van der Waals surface area contributed by atoms with Crippen molar-refractivity contribution >= 4 is 34.7 Å². The lowest BCUT2D eigenvalue weighted by Crippen LogP contribution is -2.35. The van der Waals surface area contributed by atoms with Crippen molar-refractivity contribution in [3.05, 3.63) is 99.5 Å². The fourth-order valence-corrected chi connectivity index (χ4v) is 5.13. The summed E-state index contributed by atoms with van der Waals surface area (Å²) in [6, 6.07) is 18.1. The molecule has 46 heavy (non-hydrogen) atoms. The number of aromatic nitrogens is 2. The van der Waals surface area contributed by atoms with Crippen molar-refractivity contribution in [2.75, 3.05) is 42.5 Å². The average Bonchev–Trinajstić information content (AvgIpc) is 3.02. The van der Waals surface area contributed by atoms with E-state index in [1.807, 2.05) is 49.4 Å². The first-order valence-electron chi connectivity index (χ1n) is 15.6. The van der Waals surface area contributed by atoms with Crippen LogP contribution in [0.25, 0.3) is 11.3 Å². The topological polar surface area (TPSA) is 134 Å². The maximum absolute atomic E-state index is 13.1. The molecule has 1 aromatic heterocycles. The molecule has 0 spiro atoms. The molecule has 0 radical (unpaired) electrons. The number of nitrogens with zero attached hydrogens (tertiary/aromatic N) is 3. The van der Waals surface area contributed by atoms with Gasteiger partial charge in [0.25, 0.3) is 17.4 Å². The summed E-state index contributed by atoms with van der Waals surface area (Å²) in [5.74, 6) is -0.365. The third-order valence-electron chi connectivity index (χ3n) is 8.11. The van der Waals surface area contributed by atoms with Crippen LogP contribution in [-0.2, 0) is 12.5 Å². The number of nitrogens with one attached hydrogen (secondary N) is 3. The monoisotopic (exact) mass is 623 g/mol. The van der Waals surface area contributed by atoms with Crippen LogP contribution in [0.5, 0.6) is 0 Å². The highest BCUT2D eigenvalue weighted by Crippen LogP contribution is 2.29. The fourth-order valence-electron chi connectivity index (χ4n) is 5.13. The van der Waals surface area contributed by atoms with E-state index in [4.69, 9.17) is 5.73 Å². The molecule has 4 aromatic rings. The third-order valence-corrected chi connectivity index (χ3v) is 8.11. The molecular weight excluding hydrogens is 578 g/mol. The molecule has 5 N–H and O–H groups in total. The largest absolute Gasteiger partial charge is 0.398 e. The Morgan fingerprint density at radius 3 is 2.30 bits per heavy atom. The molecule has 0 unspecified atom stereocenters. The lowest BCUT2D eigenvalue weighted by Gasteiger charge is -2.19. The van der Waals surface area contributed by atoms with Crippen molar-refractivity contribution in [3.8, 4) is 11.3 Å². The summed E-state index contributed by atoms with van der Waals surface area (Å²) in [6.45, 7) is 15.6. The van der Waals surface area contributed by atoms with Crippen molar-refractivity contribution in [1.29, 1.82) is 0 Å². The molecule has 0 atom stereocenters. The molecule has 2 amide bonds. The summed E-state index contributed by atoms with van der Waals surface area (Å²) in [6.07, 6.45) is 1.66. The Bertz CT molecular complexity index is 1770. The van der Waals surface area contributed by atoms with Crippen LogP contribution >= 0.6 is 0 Å². The molecule has 0 saturated carbocycles. The second-order valence-corrected chi connectivity index (χ2v) is 12.4. The highest BCUT2D eigenvalue weighted by atomic mass is 16.2. The number of hydrogen-bond donors (Lipinski definition) is 4. The van der Waals surface area contributed by atoms with E-state index in [0.29, 0.717) is 34.7 Å². The molecule has 0 aliphatic heterocycles. The first kappa shape index (κ1) is 33.9. The summed E-state index contributed by atoms with van der Waals surface area (Å²) in [7, 11) is 1.65. The van der Waals surface area contributed by atoms with E-state index in [9.17, 15) is 14.4 Å². The van der Waals surface area contributed by atoms with Gasteiger partial charge in [-0.3, -0.25) is 14.4 Å². The van der Waals surface area contributed by atoms with Crippen LogP contribution in [0.3, 0.4) is 0 Å². The zero-order valence-corrected chi connectivity index (χ0v) is 27.8. The quantitative estimate of drug-likeness (QED) is 0.157. The van der Waals surface area contributed by atoms with Crippen LogP contribution < -0.4 is 27.2 Å². The SMILES string of the molecule is CCN(CC)CCNC(=O)c1ccc(Nc2nc(-c3cccc(NC(=O)c4ccc(C(C)(C)C)cc4)c3C)cn(C)c2=O)cc1N. The minimum Gasteiger partial charge on any atom is -0.398 e. The standard InChI is InChI=1S/C36H45N7O3/c1-8-43(9-2)20-19-38-34(45)28-18-17-26(21-29(28)37)39-32-35(46)42(7)22-31(40-32)27-11-10-12-30(23(27)3)41-33(44)24-13-15-25(16-14-24)36(4,5)6/h10-18,21-22H,8-9,19-20,37H2,1-7H3,(H,38,45)(H,39,40)(H,41,44). The molecule has 3 aromatic carbocycles. The van der Waals surface area contributed by atoms with Gasteiger partial charge in [0.1, 0.15) is 0 Å². The van der Waals surface area contributed by atoms with E-state index < -0.39 is 0 Å². The molecule has 0 bridgehead atoms. The summed E-state index contributed by atoms with van der Waals surface area (Å²) in [4.78, 5) is 45.8. The van der Waals surface area contributed by atoms with Crippen LogP contribution in [0.15, 0.2) is 71.7 Å². The summed E-state index contributed by atoms with van der Waals surface area (Å²) in [5.41, 5.74) is 11.5. The van der Waals surface area contributed by atoms with Crippen molar-refractivity contribution in [2.45, 2.75) is 47.0 Å². The van der Waals surface area contributed by atoms with Gasteiger partial charge in [-0.2, -0.15) is 0 Å². The minimum atomic E-state index is -0.332. The van der Waals surface area contributed by atoms with Gasteiger partial charge < -0.3 is 31.2 Å². The Kier molecular flexibility index (Phi) is 10.6. The van der Waals surface area contributed by atoms with Gasteiger partial charge in [0, 0.05) is 54.5 Å². The molecule has 0 fully saturated rings. The lowest BCUT2D eigenvalue weighted by molar-refractivity contribution is 0.0949. The number of aryl methyl sites for hydroxylation is 1. The number of nitrogen functional groups attached to an aromatic ring is 1. The number of carbonyl (C=O) groups excluding carboxylic acids is 2. The van der Waals surface area contributed by atoms with Gasteiger partial charge in [0.15, 0.2) is 5.82 Å². The van der Waals surface area contributed by atoms with E-state index in [1.54, 1.807) is 31.4 Å². The zero-order valence-electron chi connectivity index (χ0n) is 27.8. The fraction of sp³-hybridized carbons (Fsp3) is 0.333. The van der Waals surface area contributed by atoms with Crippen molar-refractivity contribution in [1.82, 2.24) is 19.8 Å². The Morgan fingerprint density at radius 2 is 1.67 bits per heavy atom. The number of carbonyl (C=O) groups is 2. The van der Waals surface area contributed by atoms with E-state index in [1.165, 1.54) is 4.57 Å². The number of rotatable bonds is 11. The molecule has 0 aliphatic rings. The van der Waals surface area contributed by atoms with E-state index in [0.717, 1.165) is 36.3 Å². The zero-order chi connectivity index (χ0) is 33.6. The van der Waals surface area contributed by atoms with Crippen LogP contribution in [0.4, 0.5) is 22.9 Å². The summed E-state index contributed by atoms with van der Waals surface area (Å²) >= 11 is 0. The number of amides is 2. The first-order valence-corrected chi connectivity index (χ1v) is 15.6. The van der Waals surface area contributed by atoms with Gasteiger partial charge >= 0.3 is 0 Å². The van der Waals surface area contributed by atoms with Gasteiger partial charge in [-0.1, -0.05) is 58.9 Å². The molecule has 1 heterocycles. The molecule has 242 valence electrons. The van der Waals surface area contributed by atoms with Crippen molar-refractivity contribution < 1.29 is 9.59 Å². The van der Waals surface area contributed by atoms with Gasteiger partial charge in [-0.05, 0) is 73.0 Å². The van der Waals surface area contributed by atoms with Gasteiger partial charge in [0.2, 0.25) is 0 Å².